The van der Waals surface area contributed by atoms with Crippen molar-refractivity contribution >= 4 is 22.2 Å². The number of anilines is 1. The molecule has 1 aromatic carbocycles. The zero-order valence-corrected chi connectivity index (χ0v) is 15.4. The molecule has 2 aromatic rings. The summed E-state index contributed by atoms with van der Waals surface area (Å²) in [5.41, 5.74) is 3.00. The maximum Gasteiger partial charge on any atom is 0.256 e. The summed E-state index contributed by atoms with van der Waals surface area (Å²) in [5.74, 6) is 1.33. The van der Waals surface area contributed by atoms with Crippen LogP contribution in [-0.2, 0) is 13.0 Å². The van der Waals surface area contributed by atoms with E-state index < -0.39 is 0 Å². The molecule has 0 fully saturated rings. The van der Waals surface area contributed by atoms with Gasteiger partial charge in [0.1, 0.15) is 17.7 Å². The lowest BCUT2D eigenvalue weighted by Gasteiger charge is -2.27. The number of rotatable bonds is 3. The predicted octanol–water partition coefficient (Wildman–Crippen LogP) is 1.19. The monoisotopic (exact) mass is 360 g/mol. The third-order valence-electron chi connectivity index (χ3n) is 4.87. The highest BCUT2D eigenvalue weighted by Crippen LogP contribution is 2.40. The summed E-state index contributed by atoms with van der Waals surface area (Å²) in [7, 11) is 5.42. The Morgan fingerprint density at radius 1 is 1.20 bits per heavy atom. The van der Waals surface area contributed by atoms with E-state index in [0.717, 1.165) is 35.6 Å². The molecule has 2 aliphatic heterocycles. The van der Waals surface area contributed by atoms with Gasteiger partial charge in [0.25, 0.3) is 5.91 Å². The molecular weight excluding hydrogens is 338 g/mol. The van der Waals surface area contributed by atoms with Crippen molar-refractivity contribution in [2.75, 3.05) is 33.1 Å². The molecule has 0 saturated heterocycles. The SMILES string of the molecule is COc1ccc([C@H]2NC(=O)c3c(sc4c3CC[NH+](C)C4)N2)cc1OC. The molecule has 3 N–H and O–H groups in total. The summed E-state index contributed by atoms with van der Waals surface area (Å²) in [6.45, 7) is 2.06. The van der Waals surface area contributed by atoms with Gasteiger partial charge < -0.3 is 25.0 Å². The third kappa shape index (κ3) is 2.73. The van der Waals surface area contributed by atoms with E-state index >= 15 is 0 Å². The summed E-state index contributed by atoms with van der Waals surface area (Å²) in [4.78, 5) is 15.6. The molecule has 7 heteroatoms. The van der Waals surface area contributed by atoms with E-state index in [-0.39, 0.29) is 12.1 Å². The molecule has 1 aromatic heterocycles. The Kier molecular flexibility index (Phi) is 4.05. The van der Waals surface area contributed by atoms with Crippen molar-refractivity contribution in [3.8, 4) is 11.5 Å². The van der Waals surface area contributed by atoms with Crippen LogP contribution in [0.3, 0.4) is 0 Å². The molecule has 25 heavy (non-hydrogen) atoms. The van der Waals surface area contributed by atoms with E-state index in [1.54, 1.807) is 25.6 Å². The number of thiophene rings is 1. The molecular formula is C18H22N3O3S+. The molecule has 132 valence electrons. The average molecular weight is 360 g/mol. The van der Waals surface area contributed by atoms with Gasteiger partial charge in [-0.3, -0.25) is 4.79 Å². The van der Waals surface area contributed by atoms with Crippen LogP contribution in [0.15, 0.2) is 18.2 Å². The lowest BCUT2D eigenvalue weighted by Crippen LogP contribution is -3.08. The maximum absolute atomic E-state index is 12.8. The fourth-order valence-electron chi connectivity index (χ4n) is 3.53. The third-order valence-corrected chi connectivity index (χ3v) is 6.04. The standard InChI is InChI=1S/C18H21N3O3S/c1-21-7-6-11-14(9-21)25-18-15(11)17(22)19-16(20-18)10-4-5-12(23-2)13(8-10)24-3/h4-5,8,16,20H,6-7,9H2,1-3H3,(H,19,22)/p+1/t16-/m0/s1. The van der Waals surface area contributed by atoms with E-state index in [4.69, 9.17) is 9.47 Å². The summed E-state index contributed by atoms with van der Waals surface area (Å²) in [6, 6.07) is 5.69. The number of hydrogen-bond acceptors (Lipinski definition) is 5. The fourth-order valence-corrected chi connectivity index (χ4v) is 4.92. The van der Waals surface area contributed by atoms with Crippen molar-refractivity contribution in [3.05, 3.63) is 39.8 Å². The number of nitrogens with one attached hydrogen (secondary N) is 3. The van der Waals surface area contributed by atoms with Crippen molar-refractivity contribution in [3.63, 3.8) is 0 Å². The zero-order chi connectivity index (χ0) is 17.6. The molecule has 2 aliphatic rings. The number of carbonyl (C=O) groups excluding carboxylic acids is 1. The molecule has 1 amide bonds. The fraction of sp³-hybridized carbons (Fsp3) is 0.389. The molecule has 0 radical (unpaired) electrons. The van der Waals surface area contributed by atoms with Gasteiger partial charge in [-0.05, 0) is 23.3 Å². The van der Waals surface area contributed by atoms with Gasteiger partial charge in [-0.15, -0.1) is 11.3 Å². The Labute approximate surface area is 150 Å². The van der Waals surface area contributed by atoms with Crippen LogP contribution in [0.5, 0.6) is 11.5 Å². The second kappa shape index (κ2) is 6.24. The first-order valence-electron chi connectivity index (χ1n) is 8.36. The minimum absolute atomic E-state index is 0.00517. The topological polar surface area (TPSA) is 64.0 Å². The van der Waals surface area contributed by atoms with Crippen LogP contribution in [0.2, 0.25) is 0 Å². The summed E-state index contributed by atoms with van der Waals surface area (Å²) in [5, 5.41) is 7.54. The van der Waals surface area contributed by atoms with Gasteiger partial charge >= 0.3 is 0 Å². The van der Waals surface area contributed by atoms with Crippen LogP contribution >= 0.6 is 11.3 Å². The van der Waals surface area contributed by atoms with E-state index in [0.29, 0.717) is 11.5 Å². The summed E-state index contributed by atoms with van der Waals surface area (Å²) >= 11 is 1.71. The Bertz CT molecular complexity index is 833. The van der Waals surface area contributed by atoms with Gasteiger partial charge in [0.05, 0.1) is 38.3 Å². The Morgan fingerprint density at radius 3 is 2.76 bits per heavy atom. The van der Waals surface area contributed by atoms with Crippen molar-refractivity contribution < 1.29 is 19.2 Å². The second-order valence-corrected chi connectivity index (χ2v) is 7.61. The van der Waals surface area contributed by atoms with Crippen LogP contribution < -0.4 is 25.0 Å². The van der Waals surface area contributed by atoms with Gasteiger partial charge in [-0.1, -0.05) is 6.07 Å². The van der Waals surface area contributed by atoms with E-state index in [1.807, 2.05) is 18.2 Å². The van der Waals surface area contributed by atoms with Gasteiger partial charge in [0, 0.05) is 6.42 Å². The molecule has 4 rings (SSSR count). The number of likely N-dealkylation sites (N-methyl/N-ethyl adjacent to an activating group) is 1. The molecule has 1 unspecified atom stereocenters. The number of benzene rings is 1. The van der Waals surface area contributed by atoms with Crippen molar-refractivity contribution in [2.24, 2.45) is 0 Å². The first-order valence-corrected chi connectivity index (χ1v) is 9.17. The molecule has 2 atom stereocenters. The lowest BCUT2D eigenvalue weighted by molar-refractivity contribution is -0.895. The lowest BCUT2D eigenvalue weighted by atomic mass is 10.0. The Morgan fingerprint density at radius 2 is 2.00 bits per heavy atom. The minimum atomic E-state index is -0.273. The minimum Gasteiger partial charge on any atom is -0.493 e. The number of amides is 1. The van der Waals surface area contributed by atoms with Gasteiger partial charge in [0.2, 0.25) is 0 Å². The van der Waals surface area contributed by atoms with Gasteiger partial charge in [-0.2, -0.15) is 0 Å². The van der Waals surface area contributed by atoms with Crippen LogP contribution in [0.25, 0.3) is 0 Å². The predicted molar refractivity (Wildman–Crippen MR) is 96.9 cm³/mol. The zero-order valence-electron chi connectivity index (χ0n) is 14.6. The van der Waals surface area contributed by atoms with E-state index in [9.17, 15) is 4.79 Å². The quantitative estimate of drug-likeness (QED) is 0.769. The molecule has 0 saturated carbocycles. The molecule has 0 spiro atoms. The van der Waals surface area contributed by atoms with Crippen LogP contribution in [0.1, 0.15) is 32.5 Å². The highest BCUT2D eigenvalue weighted by Gasteiger charge is 2.34. The number of quaternary nitrogens is 1. The van der Waals surface area contributed by atoms with Crippen LogP contribution in [0, 0.1) is 0 Å². The van der Waals surface area contributed by atoms with Crippen molar-refractivity contribution in [2.45, 2.75) is 19.1 Å². The molecule has 0 bridgehead atoms. The first-order chi connectivity index (χ1) is 12.1. The Hall–Kier alpha value is -2.25. The highest BCUT2D eigenvalue weighted by atomic mass is 32.1. The summed E-state index contributed by atoms with van der Waals surface area (Å²) < 4.78 is 10.7. The smallest absolute Gasteiger partial charge is 0.256 e. The molecule has 3 heterocycles. The number of methoxy groups -OCH3 is 2. The normalized spacial score (nSPS) is 21.6. The summed E-state index contributed by atoms with van der Waals surface area (Å²) in [6.07, 6.45) is 0.688. The molecule has 0 aliphatic carbocycles. The number of fused-ring (bicyclic) bond motifs is 3. The Balaban J connectivity index is 1.67. The van der Waals surface area contributed by atoms with Gasteiger partial charge in [0.15, 0.2) is 11.5 Å². The first kappa shape index (κ1) is 16.2. The maximum atomic E-state index is 12.8. The van der Waals surface area contributed by atoms with Gasteiger partial charge in [-0.25, -0.2) is 0 Å². The number of hydrogen-bond donors (Lipinski definition) is 3. The van der Waals surface area contributed by atoms with Crippen LogP contribution in [0.4, 0.5) is 5.00 Å². The van der Waals surface area contributed by atoms with Crippen molar-refractivity contribution in [1.29, 1.82) is 0 Å². The molecule has 6 nitrogen and oxygen atoms in total. The number of ether oxygens (including phenoxy) is 2. The van der Waals surface area contributed by atoms with E-state index in [1.165, 1.54) is 15.3 Å². The largest absolute Gasteiger partial charge is 0.493 e. The average Bonchev–Trinajstić information content (AvgIpc) is 2.98. The second-order valence-electron chi connectivity index (χ2n) is 6.51. The highest BCUT2D eigenvalue weighted by molar-refractivity contribution is 7.16. The van der Waals surface area contributed by atoms with Crippen molar-refractivity contribution in [1.82, 2.24) is 5.32 Å². The van der Waals surface area contributed by atoms with Crippen LogP contribution in [-0.4, -0.2) is 33.7 Å². The number of carbonyl (C=O) groups is 1. The van der Waals surface area contributed by atoms with E-state index in [2.05, 4.69) is 17.7 Å².